The minimum atomic E-state index is -0.917. The number of nitrogens with zero attached hydrogens (tertiary/aromatic N) is 1. The molecule has 0 radical (unpaired) electrons. The van der Waals surface area contributed by atoms with Gasteiger partial charge in [0, 0.05) is 16.0 Å². The lowest BCUT2D eigenvalue weighted by Gasteiger charge is -2.33. The first-order valence-electron chi connectivity index (χ1n) is 10.5. The number of carboxylic acids is 1. The number of furan rings is 1. The van der Waals surface area contributed by atoms with E-state index in [0.717, 1.165) is 34.6 Å². The SMILES string of the molecule is CC1(C)C/C(=C\c2ccc(-c3ccc(Cl)cc3)o2)c2nc3ccccc3c(C(=O)O)c2C1. The van der Waals surface area contributed by atoms with E-state index in [2.05, 4.69) is 13.8 Å². The summed E-state index contributed by atoms with van der Waals surface area (Å²) in [5.74, 6) is 0.543. The van der Waals surface area contributed by atoms with Crippen molar-refractivity contribution in [3.63, 3.8) is 0 Å². The minimum Gasteiger partial charge on any atom is -0.478 e. The normalized spacial score (nSPS) is 16.3. The van der Waals surface area contributed by atoms with Crippen LogP contribution in [0.4, 0.5) is 0 Å². The van der Waals surface area contributed by atoms with E-state index < -0.39 is 5.97 Å². The number of benzene rings is 2. The number of pyridine rings is 1. The number of carbonyl (C=O) groups is 1. The van der Waals surface area contributed by atoms with E-state index in [-0.39, 0.29) is 5.41 Å². The molecule has 2 aromatic heterocycles. The first kappa shape index (κ1) is 20.5. The summed E-state index contributed by atoms with van der Waals surface area (Å²) in [5, 5.41) is 11.4. The number of para-hydroxylation sites is 1. The summed E-state index contributed by atoms with van der Waals surface area (Å²) in [6.07, 6.45) is 3.43. The molecular formula is C27H22ClNO3. The van der Waals surface area contributed by atoms with E-state index >= 15 is 0 Å². The van der Waals surface area contributed by atoms with Gasteiger partial charge in [0.15, 0.2) is 0 Å². The molecule has 2 heterocycles. The van der Waals surface area contributed by atoms with Crippen molar-refractivity contribution in [3.05, 3.63) is 88.3 Å². The van der Waals surface area contributed by atoms with Gasteiger partial charge in [0.1, 0.15) is 11.5 Å². The molecule has 1 N–H and O–H groups in total. The maximum absolute atomic E-state index is 12.3. The van der Waals surface area contributed by atoms with Crippen molar-refractivity contribution < 1.29 is 14.3 Å². The Labute approximate surface area is 191 Å². The summed E-state index contributed by atoms with van der Waals surface area (Å²) >= 11 is 6.00. The summed E-state index contributed by atoms with van der Waals surface area (Å²) in [6, 6.07) is 18.8. The Morgan fingerprint density at radius 2 is 1.81 bits per heavy atom. The third-order valence-corrected chi connectivity index (χ3v) is 6.16. The Balaban J connectivity index is 1.66. The second-order valence-electron chi connectivity index (χ2n) is 9.03. The number of carboxylic acid groups (broad SMARTS) is 1. The molecule has 5 heteroatoms. The van der Waals surface area contributed by atoms with E-state index in [4.69, 9.17) is 21.0 Å². The van der Waals surface area contributed by atoms with Crippen LogP contribution in [0.15, 0.2) is 65.1 Å². The summed E-state index contributed by atoms with van der Waals surface area (Å²) in [7, 11) is 0. The highest BCUT2D eigenvalue weighted by atomic mass is 35.5. The zero-order valence-electron chi connectivity index (χ0n) is 17.9. The van der Waals surface area contributed by atoms with Gasteiger partial charge in [-0.3, -0.25) is 0 Å². The molecule has 1 aliphatic rings. The van der Waals surface area contributed by atoms with Gasteiger partial charge in [0.05, 0.1) is 16.8 Å². The second kappa shape index (κ2) is 7.64. The summed E-state index contributed by atoms with van der Waals surface area (Å²) < 4.78 is 6.10. The molecule has 5 rings (SSSR count). The smallest absolute Gasteiger partial charge is 0.336 e. The summed E-state index contributed by atoms with van der Waals surface area (Å²) in [6.45, 7) is 4.32. The van der Waals surface area contributed by atoms with Crippen LogP contribution >= 0.6 is 11.6 Å². The van der Waals surface area contributed by atoms with E-state index in [0.29, 0.717) is 33.7 Å². The van der Waals surface area contributed by atoms with Crippen LogP contribution in [0.2, 0.25) is 5.02 Å². The zero-order chi connectivity index (χ0) is 22.5. The van der Waals surface area contributed by atoms with Gasteiger partial charge in [-0.2, -0.15) is 0 Å². The zero-order valence-corrected chi connectivity index (χ0v) is 18.6. The fourth-order valence-corrected chi connectivity index (χ4v) is 4.69. The fourth-order valence-electron chi connectivity index (χ4n) is 4.56. The van der Waals surface area contributed by atoms with Gasteiger partial charge in [-0.25, -0.2) is 9.78 Å². The van der Waals surface area contributed by atoms with Gasteiger partial charge >= 0.3 is 5.97 Å². The number of aromatic nitrogens is 1. The van der Waals surface area contributed by atoms with Gasteiger partial charge in [-0.05, 0) is 77.9 Å². The third-order valence-electron chi connectivity index (χ3n) is 5.91. The van der Waals surface area contributed by atoms with Crippen molar-refractivity contribution in [1.29, 1.82) is 0 Å². The second-order valence-corrected chi connectivity index (χ2v) is 9.47. The number of hydrogen-bond donors (Lipinski definition) is 1. The van der Waals surface area contributed by atoms with E-state index in [1.54, 1.807) is 0 Å². The molecule has 4 aromatic rings. The maximum Gasteiger partial charge on any atom is 0.336 e. The number of hydrogen-bond acceptors (Lipinski definition) is 3. The highest BCUT2D eigenvalue weighted by molar-refractivity contribution is 6.30. The first-order chi connectivity index (χ1) is 15.3. The predicted octanol–water partition coefficient (Wildman–Crippen LogP) is 7.36. The number of allylic oxidation sites excluding steroid dienone is 1. The third kappa shape index (κ3) is 3.71. The molecule has 4 nitrogen and oxygen atoms in total. The lowest BCUT2D eigenvalue weighted by Crippen LogP contribution is -2.25. The van der Waals surface area contributed by atoms with Crippen LogP contribution in [-0.4, -0.2) is 16.1 Å². The predicted molar refractivity (Wildman–Crippen MR) is 128 cm³/mol. The topological polar surface area (TPSA) is 63.3 Å². The molecule has 0 amide bonds. The van der Waals surface area contributed by atoms with Gasteiger partial charge in [0.2, 0.25) is 0 Å². The Morgan fingerprint density at radius 1 is 1.06 bits per heavy atom. The average molecular weight is 444 g/mol. The van der Waals surface area contributed by atoms with Gasteiger partial charge in [0.25, 0.3) is 0 Å². The molecular weight excluding hydrogens is 422 g/mol. The van der Waals surface area contributed by atoms with Crippen LogP contribution in [0.3, 0.4) is 0 Å². The Bertz CT molecular complexity index is 1380. The van der Waals surface area contributed by atoms with E-state index in [9.17, 15) is 9.90 Å². The van der Waals surface area contributed by atoms with Crippen molar-refractivity contribution >= 4 is 40.1 Å². The fraction of sp³-hybridized carbons (Fsp3) is 0.185. The van der Waals surface area contributed by atoms with Crippen LogP contribution in [0.1, 0.15) is 47.6 Å². The Kier molecular flexibility index (Phi) is 4.90. The van der Waals surface area contributed by atoms with E-state index in [1.165, 1.54) is 0 Å². The van der Waals surface area contributed by atoms with Crippen LogP contribution in [-0.2, 0) is 6.42 Å². The number of aromatic carboxylic acids is 1. The van der Waals surface area contributed by atoms with Gasteiger partial charge < -0.3 is 9.52 Å². The minimum absolute atomic E-state index is 0.0984. The molecule has 32 heavy (non-hydrogen) atoms. The molecule has 1 aliphatic carbocycles. The monoisotopic (exact) mass is 443 g/mol. The highest BCUT2D eigenvalue weighted by Crippen LogP contribution is 2.44. The lowest BCUT2D eigenvalue weighted by molar-refractivity contribution is 0.0697. The largest absolute Gasteiger partial charge is 0.478 e. The molecule has 160 valence electrons. The van der Waals surface area contributed by atoms with Crippen molar-refractivity contribution in [2.45, 2.75) is 26.7 Å². The van der Waals surface area contributed by atoms with Crippen LogP contribution < -0.4 is 0 Å². The van der Waals surface area contributed by atoms with E-state index in [1.807, 2.05) is 66.7 Å². The number of rotatable bonds is 3. The summed E-state index contributed by atoms with van der Waals surface area (Å²) in [4.78, 5) is 17.2. The number of halogens is 1. The molecule has 0 spiro atoms. The maximum atomic E-state index is 12.3. The number of fused-ring (bicyclic) bond motifs is 2. The van der Waals surface area contributed by atoms with Crippen molar-refractivity contribution in [2.75, 3.05) is 0 Å². The molecule has 0 saturated heterocycles. The molecule has 0 atom stereocenters. The van der Waals surface area contributed by atoms with Gasteiger partial charge in [-0.15, -0.1) is 0 Å². The van der Waals surface area contributed by atoms with Crippen molar-refractivity contribution in [1.82, 2.24) is 4.98 Å². The van der Waals surface area contributed by atoms with Gasteiger partial charge in [-0.1, -0.05) is 43.6 Å². The molecule has 0 bridgehead atoms. The van der Waals surface area contributed by atoms with Crippen LogP contribution in [0.25, 0.3) is 33.9 Å². The molecule has 2 aromatic carbocycles. The molecule has 0 fully saturated rings. The standard InChI is InChI=1S/C27H22ClNO3/c1-27(2)14-17(13-19-11-12-23(32-19)16-7-9-18(28)10-8-16)25-21(15-27)24(26(30)31)20-5-3-4-6-22(20)29-25/h3-13H,14-15H2,1-2H3,(H,30,31)/b17-13+. The molecule has 0 saturated carbocycles. The van der Waals surface area contributed by atoms with Crippen LogP contribution in [0.5, 0.6) is 0 Å². The first-order valence-corrected chi connectivity index (χ1v) is 10.9. The molecule has 0 aliphatic heterocycles. The lowest BCUT2D eigenvalue weighted by atomic mass is 9.72. The van der Waals surface area contributed by atoms with Crippen molar-refractivity contribution in [2.24, 2.45) is 5.41 Å². The molecule has 0 unspecified atom stereocenters. The Hall–Kier alpha value is -3.37. The van der Waals surface area contributed by atoms with Crippen LogP contribution in [0, 0.1) is 5.41 Å². The quantitative estimate of drug-likeness (QED) is 0.359. The highest BCUT2D eigenvalue weighted by Gasteiger charge is 2.34. The average Bonchev–Trinajstić information content (AvgIpc) is 3.20. The Morgan fingerprint density at radius 3 is 2.56 bits per heavy atom. The van der Waals surface area contributed by atoms with Crippen molar-refractivity contribution in [3.8, 4) is 11.3 Å². The summed E-state index contributed by atoms with van der Waals surface area (Å²) in [5.41, 5.74) is 4.43.